The van der Waals surface area contributed by atoms with Crippen LogP contribution >= 0.6 is 0 Å². The van der Waals surface area contributed by atoms with Crippen LogP contribution in [0.1, 0.15) is 13.8 Å². The molecule has 1 atom stereocenters. The zero-order valence-electron chi connectivity index (χ0n) is 10.3. The monoisotopic (exact) mass is 251 g/mol. The summed E-state index contributed by atoms with van der Waals surface area (Å²) in [4.78, 5) is 23.5. The molecule has 0 spiro atoms. The number of fused-ring (bicyclic) bond motifs is 1. The van der Waals surface area contributed by atoms with E-state index in [1.54, 1.807) is 25.1 Å². The molecule has 0 bridgehead atoms. The number of hydrogen-bond acceptors (Lipinski definition) is 5. The minimum atomic E-state index is -0.765. The molecule has 1 heterocycles. The van der Waals surface area contributed by atoms with Crippen molar-refractivity contribution < 1.29 is 23.8 Å². The van der Waals surface area contributed by atoms with Gasteiger partial charge < -0.3 is 14.2 Å². The first-order chi connectivity index (χ1) is 8.49. The average Bonchev–Trinajstić information content (AvgIpc) is 2.69. The molecule has 1 unspecified atom stereocenters. The second-order valence-electron chi connectivity index (χ2n) is 3.83. The first-order valence-corrected chi connectivity index (χ1v) is 5.41. The van der Waals surface area contributed by atoms with E-state index < -0.39 is 18.3 Å². The highest BCUT2D eigenvalue weighted by Gasteiger charge is 2.26. The lowest BCUT2D eigenvalue weighted by Gasteiger charge is -2.13. The van der Waals surface area contributed by atoms with E-state index in [9.17, 15) is 9.59 Å². The van der Waals surface area contributed by atoms with Crippen molar-refractivity contribution in [1.29, 1.82) is 0 Å². The molecule has 0 N–H and O–H groups in total. The molecule has 0 radical (unpaired) electrons. The van der Waals surface area contributed by atoms with Crippen molar-refractivity contribution in [3.63, 3.8) is 0 Å². The molecule has 1 aromatic carbocycles. The molecule has 1 aliphatic rings. The van der Waals surface area contributed by atoms with E-state index in [0.29, 0.717) is 11.5 Å². The summed E-state index contributed by atoms with van der Waals surface area (Å²) in [6, 6.07) is 4.97. The van der Waals surface area contributed by atoms with Gasteiger partial charge in [-0.1, -0.05) is 6.07 Å². The minimum absolute atomic E-state index is 0.231. The van der Waals surface area contributed by atoms with Gasteiger partial charge in [-0.25, -0.2) is 4.79 Å². The second-order valence-corrected chi connectivity index (χ2v) is 3.83. The van der Waals surface area contributed by atoms with Crippen LogP contribution in [0.3, 0.4) is 0 Å². The predicted molar refractivity (Wildman–Crippen MR) is 61.6 cm³/mol. The second kappa shape index (κ2) is 4.56. The Balaban J connectivity index is 2.19. The molecule has 2 amide bonds. The Morgan fingerprint density at radius 3 is 2.72 bits per heavy atom. The van der Waals surface area contributed by atoms with E-state index in [4.69, 9.17) is 14.2 Å². The summed E-state index contributed by atoms with van der Waals surface area (Å²) in [5, 5.41) is 0. The van der Waals surface area contributed by atoms with E-state index in [-0.39, 0.29) is 5.75 Å². The maximum Gasteiger partial charge on any atom is 0.421 e. The van der Waals surface area contributed by atoms with Crippen molar-refractivity contribution in [2.75, 3.05) is 7.05 Å². The standard InChI is InChI=1S/C12H13NO5/c1-7(14)13(3)12(15)18-10-6-4-5-9-11(10)17-8(2)16-9/h4-6,8H,1-3H3. The fourth-order valence-electron chi connectivity index (χ4n) is 1.44. The lowest BCUT2D eigenvalue weighted by Crippen LogP contribution is -2.33. The lowest BCUT2D eigenvalue weighted by atomic mass is 10.3. The number of carbonyl (C=O) groups is 2. The van der Waals surface area contributed by atoms with Gasteiger partial charge in [0.2, 0.25) is 17.9 Å². The highest BCUT2D eigenvalue weighted by atomic mass is 16.7. The molecule has 18 heavy (non-hydrogen) atoms. The van der Waals surface area contributed by atoms with Crippen molar-refractivity contribution in [3.05, 3.63) is 18.2 Å². The summed E-state index contributed by atoms with van der Waals surface area (Å²) in [6.45, 7) is 3.01. The maximum absolute atomic E-state index is 11.6. The Morgan fingerprint density at radius 2 is 2.06 bits per heavy atom. The van der Waals surface area contributed by atoms with Crippen molar-refractivity contribution >= 4 is 12.0 Å². The molecule has 0 aliphatic carbocycles. The van der Waals surface area contributed by atoms with E-state index in [2.05, 4.69) is 0 Å². The van der Waals surface area contributed by atoms with Crippen LogP contribution in [-0.4, -0.2) is 30.2 Å². The molecule has 2 rings (SSSR count). The highest BCUT2D eigenvalue weighted by Crippen LogP contribution is 2.42. The van der Waals surface area contributed by atoms with Gasteiger partial charge in [0, 0.05) is 20.9 Å². The van der Waals surface area contributed by atoms with E-state index >= 15 is 0 Å². The van der Waals surface area contributed by atoms with Gasteiger partial charge in [-0.2, -0.15) is 0 Å². The Bertz CT molecular complexity index is 499. The summed E-state index contributed by atoms with van der Waals surface area (Å²) in [6.07, 6.45) is -1.19. The van der Waals surface area contributed by atoms with Crippen LogP contribution in [0.4, 0.5) is 4.79 Å². The highest BCUT2D eigenvalue weighted by molar-refractivity contribution is 5.91. The molecule has 0 saturated heterocycles. The quantitative estimate of drug-likeness (QED) is 0.761. The van der Waals surface area contributed by atoms with Crippen LogP contribution in [0.5, 0.6) is 17.2 Å². The summed E-state index contributed by atoms with van der Waals surface area (Å²) < 4.78 is 15.8. The number of hydrogen-bond donors (Lipinski definition) is 0. The summed E-state index contributed by atoms with van der Waals surface area (Å²) in [5.74, 6) is 0.710. The van der Waals surface area contributed by atoms with Gasteiger partial charge in [0.15, 0.2) is 11.5 Å². The van der Waals surface area contributed by atoms with Gasteiger partial charge in [-0.15, -0.1) is 0 Å². The third kappa shape index (κ3) is 2.22. The molecular weight excluding hydrogens is 238 g/mol. The number of rotatable bonds is 1. The van der Waals surface area contributed by atoms with E-state index in [1.165, 1.54) is 14.0 Å². The van der Waals surface area contributed by atoms with Gasteiger partial charge in [-0.3, -0.25) is 9.69 Å². The van der Waals surface area contributed by atoms with Gasteiger partial charge in [0.25, 0.3) is 0 Å². The molecule has 6 nitrogen and oxygen atoms in total. The Morgan fingerprint density at radius 1 is 1.33 bits per heavy atom. The fraction of sp³-hybridized carbons (Fsp3) is 0.333. The fourth-order valence-corrected chi connectivity index (χ4v) is 1.44. The summed E-state index contributed by atoms with van der Waals surface area (Å²) in [5.41, 5.74) is 0. The largest absolute Gasteiger partial charge is 0.451 e. The van der Waals surface area contributed by atoms with Gasteiger partial charge in [0.1, 0.15) is 0 Å². The Hall–Kier alpha value is -2.24. The van der Waals surface area contributed by atoms with Crippen LogP contribution in [0, 0.1) is 0 Å². The van der Waals surface area contributed by atoms with E-state index in [0.717, 1.165) is 4.90 Å². The number of benzene rings is 1. The minimum Gasteiger partial charge on any atom is -0.451 e. The molecule has 0 aromatic heterocycles. The number of amides is 2. The van der Waals surface area contributed by atoms with Crippen molar-refractivity contribution in [3.8, 4) is 17.2 Å². The van der Waals surface area contributed by atoms with E-state index in [1.807, 2.05) is 0 Å². The SMILES string of the molecule is CC(=O)N(C)C(=O)Oc1cccc2c1OC(C)O2. The number of para-hydroxylation sites is 1. The first-order valence-electron chi connectivity index (χ1n) is 5.41. The van der Waals surface area contributed by atoms with Crippen molar-refractivity contribution in [2.24, 2.45) is 0 Å². The smallest absolute Gasteiger partial charge is 0.421 e. The summed E-state index contributed by atoms with van der Waals surface area (Å²) >= 11 is 0. The van der Waals surface area contributed by atoms with Crippen LogP contribution in [0.15, 0.2) is 18.2 Å². The first kappa shape index (κ1) is 12.2. The van der Waals surface area contributed by atoms with Crippen LogP contribution in [-0.2, 0) is 4.79 Å². The van der Waals surface area contributed by atoms with Crippen molar-refractivity contribution in [1.82, 2.24) is 4.90 Å². The van der Waals surface area contributed by atoms with Gasteiger partial charge >= 0.3 is 6.09 Å². The topological polar surface area (TPSA) is 65.1 Å². The lowest BCUT2D eigenvalue weighted by molar-refractivity contribution is -0.125. The maximum atomic E-state index is 11.6. The third-order valence-corrected chi connectivity index (χ3v) is 2.46. The Labute approximate surface area is 104 Å². The molecule has 96 valence electrons. The molecule has 1 aromatic rings. The molecular formula is C12H13NO5. The summed E-state index contributed by atoms with van der Waals surface area (Å²) in [7, 11) is 1.34. The number of imide groups is 1. The van der Waals surface area contributed by atoms with Crippen molar-refractivity contribution in [2.45, 2.75) is 20.1 Å². The van der Waals surface area contributed by atoms with Crippen LogP contribution < -0.4 is 14.2 Å². The molecule has 1 aliphatic heterocycles. The predicted octanol–water partition coefficient (Wildman–Crippen LogP) is 1.78. The molecule has 0 fully saturated rings. The van der Waals surface area contributed by atoms with Crippen LogP contribution in [0.25, 0.3) is 0 Å². The van der Waals surface area contributed by atoms with Gasteiger partial charge in [0.05, 0.1) is 0 Å². The Kier molecular flexibility index (Phi) is 3.10. The average molecular weight is 251 g/mol. The number of carbonyl (C=O) groups excluding carboxylic acids is 2. The number of nitrogens with zero attached hydrogens (tertiary/aromatic N) is 1. The van der Waals surface area contributed by atoms with Crippen LogP contribution in [0.2, 0.25) is 0 Å². The molecule has 0 saturated carbocycles. The normalized spacial score (nSPS) is 16.3. The molecule has 6 heteroatoms. The zero-order valence-corrected chi connectivity index (χ0v) is 10.3. The van der Waals surface area contributed by atoms with Gasteiger partial charge in [-0.05, 0) is 12.1 Å². The number of ether oxygens (including phenoxy) is 3. The zero-order chi connectivity index (χ0) is 13.3. The third-order valence-electron chi connectivity index (χ3n) is 2.46.